The fraction of sp³-hybridized carbons (Fsp3) is 0.250. The van der Waals surface area contributed by atoms with Crippen LogP contribution < -0.4 is 14.8 Å². The molecule has 0 aliphatic rings. The van der Waals surface area contributed by atoms with Crippen molar-refractivity contribution in [3.05, 3.63) is 89.0 Å². The molecule has 0 bridgehead atoms. The second-order valence-electron chi connectivity index (χ2n) is 7.68. The molecule has 0 spiro atoms. The number of allylic oxidation sites excluding steroid dienone is 5. The molecule has 0 heterocycles. The zero-order valence-corrected chi connectivity index (χ0v) is 20.2. The Morgan fingerprint density at radius 2 is 1.82 bits per heavy atom. The summed E-state index contributed by atoms with van der Waals surface area (Å²) >= 11 is 0. The van der Waals surface area contributed by atoms with Gasteiger partial charge in [-0.1, -0.05) is 61.2 Å². The first kappa shape index (κ1) is 26.6. The maximum atomic E-state index is 11.2. The molecular weight excluding hydrogens is 430 g/mol. The molecule has 0 fully saturated rings. The highest BCUT2D eigenvalue weighted by atomic mass is 16.5. The molecule has 6 nitrogen and oxygen atoms in total. The number of carboxylic acid groups (broad SMARTS) is 1. The molecule has 0 aliphatic heterocycles. The van der Waals surface area contributed by atoms with Gasteiger partial charge in [0.05, 0.1) is 20.8 Å². The molecule has 0 amide bonds. The monoisotopic (exact) mass is 463 g/mol. The van der Waals surface area contributed by atoms with Crippen LogP contribution in [0.4, 0.5) is 0 Å². The summed E-state index contributed by atoms with van der Waals surface area (Å²) in [6.07, 6.45) is 11.7. The van der Waals surface area contributed by atoms with Gasteiger partial charge in [-0.2, -0.15) is 0 Å². The molecule has 180 valence electrons. The maximum absolute atomic E-state index is 11.2. The zero-order chi connectivity index (χ0) is 25.1. The van der Waals surface area contributed by atoms with Crippen molar-refractivity contribution in [3.63, 3.8) is 0 Å². The number of methoxy groups -OCH3 is 2. The number of benzene rings is 2. The molecule has 0 aliphatic carbocycles. The number of carboxylic acids is 1. The van der Waals surface area contributed by atoms with E-state index < -0.39 is 18.6 Å². The van der Waals surface area contributed by atoms with Gasteiger partial charge in [-0.3, -0.25) is 10.1 Å². The Bertz CT molecular complexity index is 1070. The molecule has 0 aromatic heterocycles. The molecule has 2 rings (SSSR count). The fourth-order valence-electron chi connectivity index (χ4n) is 3.55. The van der Waals surface area contributed by atoms with E-state index in [9.17, 15) is 9.90 Å². The standard InChI is InChI=1S/C28H33NO5/c1-6-7-8-10-19(2)23-12-9-11-22(20(23)3)14-13-21-15-26(33-4)24(27(16-21)34-5)17-29-25(18-30)28(31)32/h6-16,25,29-30H,1,17-18H2,2-5H3,(H,31,32)/b8-7-,14-13+,19-10+/t25-/m0/s1. The third-order valence-corrected chi connectivity index (χ3v) is 5.49. The van der Waals surface area contributed by atoms with Crippen LogP contribution >= 0.6 is 0 Å². The molecule has 34 heavy (non-hydrogen) atoms. The predicted octanol–water partition coefficient (Wildman–Crippen LogP) is 4.86. The number of hydrogen-bond acceptors (Lipinski definition) is 5. The minimum Gasteiger partial charge on any atom is -0.496 e. The first-order valence-corrected chi connectivity index (χ1v) is 10.9. The smallest absolute Gasteiger partial charge is 0.323 e. The zero-order valence-electron chi connectivity index (χ0n) is 20.2. The molecule has 0 radical (unpaired) electrons. The van der Waals surface area contributed by atoms with Gasteiger partial charge < -0.3 is 19.7 Å². The summed E-state index contributed by atoms with van der Waals surface area (Å²) in [5, 5.41) is 21.2. The van der Waals surface area contributed by atoms with E-state index in [1.165, 1.54) is 11.1 Å². The van der Waals surface area contributed by atoms with Crippen molar-refractivity contribution in [3.8, 4) is 11.5 Å². The SMILES string of the molecule is C=C/C=C\C=C(/C)c1cccc(/C=C/c2cc(OC)c(CN[C@@H](CO)C(=O)O)c(OC)c2)c1C. The number of aliphatic carboxylic acids is 1. The number of rotatable bonds is 12. The molecular formula is C28H33NO5. The fourth-order valence-corrected chi connectivity index (χ4v) is 3.55. The Labute approximate surface area is 201 Å². The van der Waals surface area contributed by atoms with Crippen LogP contribution in [0.2, 0.25) is 0 Å². The van der Waals surface area contributed by atoms with Gasteiger partial charge in [0.25, 0.3) is 0 Å². The summed E-state index contributed by atoms with van der Waals surface area (Å²) in [7, 11) is 3.10. The van der Waals surface area contributed by atoms with Gasteiger partial charge >= 0.3 is 5.97 Å². The second-order valence-corrected chi connectivity index (χ2v) is 7.68. The lowest BCUT2D eigenvalue weighted by Gasteiger charge is -2.17. The van der Waals surface area contributed by atoms with Gasteiger partial charge in [0.1, 0.15) is 17.5 Å². The average Bonchev–Trinajstić information content (AvgIpc) is 2.83. The number of carbonyl (C=O) groups is 1. The van der Waals surface area contributed by atoms with E-state index >= 15 is 0 Å². The van der Waals surface area contributed by atoms with E-state index in [2.05, 4.69) is 44.0 Å². The number of ether oxygens (including phenoxy) is 2. The van der Waals surface area contributed by atoms with Gasteiger partial charge in [-0.15, -0.1) is 0 Å². The number of aliphatic hydroxyl groups excluding tert-OH is 1. The summed E-state index contributed by atoms with van der Waals surface area (Å²) in [5.74, 6) is -0.00179. The molecule has 0 saturated carbocycles. The summed E-state index contributed by atoms with van der Waals surface area (Å²) in [6, 6.07) is 8.87. The van der Waals surface area contributed by atoms with Crippen LogP contribution in [0.15, 0.2) is 61.2 Å². The minimum atomic E-state index is -1.13. The van der Waals surface area contributed by atoms with Crippen LogP contribution in [0.3, 0.4) is 0 Å². The quantitative estimate of drug-likeness (QED) is 0.308. The van der Waals surface area contributed by atoms with Crippen LogP contribution in [-0.2, 0) is 11.3 Å². The van der Waals surface area contributed by atoms with Crippen molar-refractivity contribution >= 4 is 23.7 Å². The Morgan fingerprint density at radius 1 is 1.15 bits per heavy atom. The lowest BCUT2D eigenvalue weighted by molar-refractivity contribution is -0.140. The highest BCUT2D eigenvalue weighted by molar-refractivity contribution is 5.77. The molecule has 0 saturated heterocycles. The van der Waals surface area contributed by atoms with Crippen molar-refractivity contribution in [1.29, 1.82) is 0 Å². The second kappa shape index (κ2) is 13.2. The first-order valence-electron chi connectivity index (χ1n) is 10.9. The Hall–Kier alpha value is -3.61. The van der Waals surface area contributed by atoms with Gasteiger partial charge in [-0.25, -0.2) is 0 Å². The Balaban J connectivity index is 2.35. The van der Waals surface area contributed by atoms with Gasteiger partial charge in [0, 0.05) is 12.1 Å². The van der Waals surface area contributed by atoms with Crippen LogP contribution in [0, 0.1) is 6.92 Å². The van der Waals surface area contributed by atoms with E-state index in [1.807, 2.05) is 42.5 Å². The van der Waals surface area contributed by atoms with Gasteiger partial charge in [-0.05, 0) is 53.8 Å². The van der Waals surface area contributed by atoms with Crippen molar-refractivity contribution in [2.45, 2.75) is 26.4 Å². The van der Waals surface area contributed by atoms with Crippen molar-refractivity contribution in [2.24, 2.45) is 0 Å². The van der Waals surface area contributed by atoms with Crippen LogP contribution in [0.1, 0.15) is 34.7 Å². The van der Waals surface area contributed by atoms with E-state index in [0.29, 0.717) is 17.1 Å². The van der Waals surface area contributed by atoms with Gasteiger partial charge in [0.15, 0.2) is 0 Å². The molecule has 3 N–H and O–H groups in total. The Kier molecular flexibility index (Phi) is 10.3. The lowest BCUT2D eigenvalue weighted by atomic mass is 9.96. The van der Waals surface area contributed by atoms with E-state index in [0.717, 1.165) is 16.7 Å². The molecule has 6 heteroatoms. The van der Waals surface area contributed by atoms with Crippen molar-refractivity contribution < 1.29 is 24.5 Å². The lowest BCUT2D eigenvalue weighted by Crippen LogP contribution is -2.39. The van der Waals surface area contributed by atoms with E-state index in [-0.39, 0.29) is 6.54 Å². The normalized spacial score (nSPS) is 12.8. The highest BCUT2D eigenvalue weighted by Crippen LogP contribution is 2.32. The van der Waals surface area contributed by atoms with E-state index in [4.69, 9.17) is 14.6 Å². The van der Waals surface area contributed by atoms with E-state index in [1.54, 1.807) is 20.3 Å². The summed E-state index contributed by atoms with van der Waals surface area (Å²) in [5.41, 5.74) is 6.14. The topological polar surface area (TPSA) is 88.0 Å². The summed E-state index contributed by atoms with van der Waals surface area (Å²) in [4.78, 5) is 11.2. The first-order chi connectivity index (χ1) is 16.4. The summed E-state index contributed by atoms with van der Waals surface area (Å²) in [6.45, 7) is 7.52. The highest BCUT2D eigenvalue weighted by Gasteiger charge is 2.18. The van der Waals surface area contributed by atoms with Gasteiger partial charge in [0.2, 0.25) is 0 Å². The third-order valence-electron chi connectivity index (χ3n) is 5.49. The third kappa shape index (κ3) is 6.94. The number of aliphatic hydroxyl groups is 1. The Morgan fingerprint density at radius 3 is 2.38 bits per heavy atom. The largest absolute Gasteiger partial charge is 0.496 e. The molecule has 2 aromatic carbocycles. The van der Waals surface area contributed by atoms with Crippen molar-refractivity contribution in [2.75, 3.05) is 20.8 Å². The minimum absolute atomic E-state index is 0.168. The van der Waals surface area contributed by atoms with Crippen molar-refractivity contribution in [1.82, 2.24) is 5.32 Å². The number of hydrogen-bond donors (Lipinski definition) is 3. The average molecular weight is 464 g/mol. The van der Waals surface area contributed by atoms with Crippen LogP contribution in [-0.4, -0.2) is 43.1 Å². The maximum Gasteiger partial charge on any atom is 0.323 e. The predicted molar refractivity (Wildman–Crippen MR) is 138 cm³/mol. The molecule has 0 unspecified atom stereocenters. The van der Waals surface area contributed by atoms with Crippen LogP contribution in [0.5, 0.6) is 11.5 Å². The molecule has 2 aromatic rings. The summed E-state index contributed by atoms with van der Waals surface area (Å²) < 4.78 is 11.1. The van der Waals surface area contributed by atoms with Crippen LogP contribution in [0.25, 0.3) is 17.7 Å². The molecule has 1 atom stereocenters. The number of nitrogens with one attached hydrogen (secondary N) is 1.